The molecule has 1 aromatic carbocycles. The average Bonchev–Trinajstić information content (AvgIpc) is 3.00. The molecule has 0 radical (unpaired) electrons. The molecule has 10 heteroatoms. The van der Waals surface area contributed by atoms with Crippen molar-refractivity contribution in [3.63, 3.8) is 0 Å². The van der Waals surface area contributed by atoms with E-state index in [9.17, 15) is 8.42 Å². The normalized spacial score (nSPS) is 12.0. The smallest absolute Gasteiger partial charge is 0.242 e. The topological polar surface area (TPSA) is 86.7 Å². The third-order valence-corrected chi connectivity index (χ3v) is 6.31. The maximum absolute atomic E-state index is 12.4. The van der Waals surface area contributed by atoms with Crippen molar-refractivity contribution in [3.05, 3.63) is 45.9 Å². The number of rotatable bonds is 6. The van der Waals surface area contributed by atoms with E-state index in [-0.39, 0.29) is 24.0 Å². The highest BCUT2D eigenvalue weighted by atomic mass is 127. The molecule has 1 heterocycles. The summed E-state index contributed by atoms with van der Waals surface area (Å²) in [6.45, 7) is 2.92. The van der Waals surface area contributed by atoms with Crippen LogP contribution in [0.5, 0.6) is 0 Å². The van der Waals surface area contributed by atoms with Crippen molar-refractivity contribution in [2.75, 3.05) is 21.1 Å². The maximum atomic E-state index is 12.4. The minimum atomic E-state index is -3.49. The Hall–Kier alpha value is -1.24. The minimum Gasteiger partial charge on any atom is -0.352 e. The van der Waals surface area contributed by atoms with Gasteiger partial charge in [0.1, 0.15) is 5.01 Å². The molecule has 0 aliphatic heterocycles. The Morgan fingerprint density at radius 1 is 1.23 bits per heavy atom. The molecule has 0 fully saturated rings. The summed E-state index contributed by atoms with van der Waals surface area (Å²) in [5.41, 5.74) is 0.684. The molecule has 2 rings (SSSR count). The lowest BCUT2D eigenvalue weighted by atomic mass is 10.2. The van der Waals surface area contributed by atoms with Gasteiger partial charge in [0.25, 0.3) is 0 Å². The number of benzene rings is 1. The van der Waals surface area contributed by atoms with Crippen LogP contribution in [0.3, 0.4) is 0 Å². The Balaban J connectivity index is 0.00000338. The summed E-state index contributed by atoms with van der Waals surface area (Å²) in [4.78, 5) is 9.90. The quantitative estimate of drug-likeness (QED) is 0.354. The second-order valence-corrected chi connectivity index (χ2v) is 8.98. The van der Waals surface area contributed by atoms with Crippen LogP contribution in [-0.2, 0) is 23.1 Å². The monoisotopic (exact) mass is 509 g/mol. The van der Waals surface area contributed by atoms with Gasteiger partial charge in [0.15, 0.2) is 5.96 Å². The van der Waals surface area contributed by atoms with Gasteiger partial charge >= 0.3 is 0 Å². The van der Waals surface area contributed by atoms with E-state index in [1.807, 2.05) is 19.2 Å². The summed E-state index contributed by atoms with van der Waals surface area (Å²) in [6, 6.07) is 6.94. The van der Waals surface area contributed by atoms with Crippen molar-refractivity contribution in [1.29, 1.82) is 0 Å². The average molecular weight is 509 g/mol. The molecule has 7 nitrogen and oxygen atoms in total. The predicted octanol–water partition coefficient (Wildman–Crippen LogP) is 2.19. The Morgan fingerprint density at radius 3 is 2.46 bits per heavy atom. The van der Waals surface area contributed by atoms with E-state index in [2.05, 4.69) is 20.6 Å². The van der Waals surface area contributed by atoms with Crippen molar-refractivity contribution in [3.8, 4) is 0 Å². The Bertz CT molecular complexity index is 850. The Labute approximate surface area is 176 Å². The zero-order valence-corrected chi connectivity index (χ0v) is 19.1. The fraction of sp³-hybridized carbons (Fsp3) is 0.375. The van der Waals surface area contributed by atoms with Gasteiger partial charge in [-0.25, -0.2) is 17.7 Å². The molecule has 26 heavy (non-hydrogen) atoms. The number of hydrogen-bond donors (Lipinski definition) is 2. The van der Waals surface area contributed by atoms with Crippen LogP contribution in [-0.4, -0.2) is 44.8 Å². The Morgan fingerprint density at radius 2 is 1.88 bits per heavy atom. The van der Waals surface area contributed by atoms with Gasteiger partial charge in [-0.15, -0.1) is 35.3 Å². The number of sulfonamides is 1. The summed E-state index contributed by atoms with van der Waals surface area (Å²) in [6.07, 6.45) is 1.83. The molecule has 0 saturated heterocycles. The van der Waals surface area contributed by atoms with Gasteiger partial charge in [-0.3, -0.25) is 4.99 Å². The summed E-state index contributed by atoms with van der Waals surface area (Å²) in [5, 5.41) is 7.29. The van der Waals surface area contributed by atoms with Crippen LogP contribution in [0.2, 0.25) is 0 Å². The first-order chi connectivity index (χ1) is 11.8. The summed E-state index contributed by atoms with van der Waals surface area (Å²) >= 11 is 1.62. The standard InChI is InChI=1S/C16H23N5O2S2.HI/c1-12-9-18-15(24-12)11-20-16(17-2)19-10-13-7-5-6-8-14(13)25(22,23)21(3)4;/h5-9H,10-11H2,1-4H3,(H2,17,19,20);1H. The molecule has 0 aliphatic carbocycles. The van der Waals surface area contributed by atoms with Crippen LogP contribution in [0.1, 0.15) is 15.4 Å². The van der Waals surface area contributed by atoms with E-state index < -0.39 is 10.0 Å². The third-order valence-electron chi connectivity index (χ3n) is 3.48. The zero-order valence-electron chi connectivity index (χ0n) is 15.2. The van der Waals surface area contributed by atoms with Gasteiger partial charge in [0.2, 0.25) is 10.0 Å². The summed E-state index contributed by atoms with van der Waals surface area (Å²) < 4.78 is 26.1. The van der Waals surface area contributed by atoms with Crippen molar-refractivity contribution in [2.45, 2.75) is 24.9 Å². The van der Waals surface area contributed by atoms with Crippen molar-refractivity contribution < 1.29 is 8.42 Å². The largest absolute Gasteiger partial charge is 0.352 e. The first-order valence-corrected chi connectivity index (χ1v) is 9.96. The van der Waals surface area contributed by atoms with Crippen LogP contribution in [0.25, 0.3) is 0 Å². The molecular formula is C16H24IN5O2S2. The molecule has 0 amide bonds. The number of aromatic nitrogens is 1. The minimum absolute atomic E-state index is 0. The number of aryl methyl sites for hydroxylation is 1. The number of thiazole rings is 1. The molecule has 0 atom stereocenters. The number of guanidine groups is 1. The number of halogens is 1. The van der Waals surface area contributed by atoms with Crippen LogP contribution in [0.15, 0.2) is 40.4 Å². The number of hydrogen-bond acceptors (Lipinski definition) is 5. The van der Waals surface area contributed by atoms with Crippen LogP contribution >= 0.6 is 35.3 Å². The number of nitrogens with zero attached hydrogens (tertiary/aromatic N) is 3. The maximum Gasteiger partial charge on any atom is 0.242 e. The predicted molar refractivity (Wildman–Crippen MR) is 117 cm³/mol. The lowest BCUT2D eigenvalue weighted by Gasteiger charge is -2.16. The van der Waals surface area contributed by atoms with E-state index in [0.29, 0.717) is 29.5 Å². The van der Waals surface area contributed by atoms with Gasteiger partial charge in [-0.1, -0.05) is 18.2 Å². The summed E-state index contributed by atoms with van der Waals surface area (Å²) in [5.74, 6) is 0.588. The molecule has 0 aliphatic rings. The number of aliphatic imine (C=N–C) groups is 1. The second-order valence-electron chi connectivity index (χ2n) is 5.54. The van der Waals surface area contributed by atoms with Crippen molar-refractivity contribution in [1.82, 2.24) is 19.9 Å². The van der Waals surface area contributed by atoms with E-state index in [1.165, 1.54) is 18.4 Å². The molecule has 0 saturated carbocycles. The SMILES string of the molecule is CN=C(NCc1ncc(C)s1)NCc1ccccc1S(=O)(=O)N(C)C.I. The van der Waals surface area contributed by atoms with E-state index in [1.54, 1.807) is 36.6 Å². The summed E-state index contributed by atoms with van der Waals surface area (Å²) in [7, 11) is 1.23. The van der Waals surface area contributed by atoms with Crippen LogP contribution in [0.4, 0.5) is 0 Å². The first-order valence-electron chi connectivity index (χ1n) is 7.71. The zero-order chi connectivity index (χ0) is 18.4. The fourth-order valence-corrected chi connectivity index (χ4v) is 3.98. The molecule has 0 bridgehead atoms. The molecule has 0 spiro atoms. The highest BCUT2D eigenvalue weighted by Gasteiger charge is 2.20. The Kier molecular flexibility index (Phi) is 8.93. The van der Waals surface area contributed by atoms with Gasteiger partial charge in [0.05, 0.1) is 11.4 Å². The van der Waals surface area contributed by atoms with E-state index in [4.69, 9.17) is 0 Å². The van der Waals surface area contributed by atoms with Gasteiger partial charge in [0, 0.05) is 38.8 Å². The molecule has 144 valence electrons. The lowest BCUT2D eigenvalue weighted by Crippen LogP contribution is -2.36. The highest BCUT2D eigenvalue weighted by Crippen LogP contribution is 2.18. The second kappa shape index (κ2) is 10.2. The van der Waals surface area contributed by atoms with Gasteiger partial charge < -0.3 is 10.6 Å². The third kappa shape index (κ3) is 5.89. The number of nitrogens with one attached hydrogen (secondary N) is 2. The van der Waals surface area contributed by atoms with Crippen molar-refractivity contribution >= 4 is 51.3 Å². The van der Waals surface area contributed by atoms with Crippen LogP contribution < -0.4 is 10.6 Å². The molecule has 2 aromatic rings. The van der Waals surface area contributed by atoms with Crippen LogP contribution in [0, 0.1) is 6.92 Å². The molecular weight excluding hydrogens is 485 g/mol. The van der Waals surface area contributed by atoms with Gasteiger partial charge in [-0.05, 0) is 18.6 Å². The van der Waals surface area contributed by atoms with Crippen molar-refractivity contribution in [2.24, 2.45) is 4.99 Å². The first kappa shape index (κ1) is 22.8. The molecule has 2 N–H and O–H groups in total. The van der Waals surface area contributed by atoms with E-state index >= 15 is 0 Å². The lowest BCUT2D eigenvalue weighted by molar-refractivity contribution is 0.519. The van der Waals surface area contributed by atoms with E-state index in [0.717, 1.165) is 9.88 Å². The van der Waals surface area contributed by atoms with Gasteiger partial charge in [-0.2, -0.15) is 0 Å². The highest BCUT2D eigenvalue weighted by molar-refractivity contribution is 14.0. The molecule has 1 aromatic heterocycles. The molecule has 0 unspecified atom stereocenters. The fourth-order valence-electron chi connectivity index (χ4n) is 2.14.